The Kier molecular flexibility index (Phi) is 6.39. The number of ether oxygens (including phenoxy) is 1. The fourth-order valence-corrected chi connectivity index (χ4v) is 8.23. The Morgan fingerprint density at radius 3 is 2.26 bits per heavy atom. The Morgan fingerprint density at radius 2 is 1.60 bits per heavy atom. The largest absolute Gasteiger partial charge is 0.454 e. The molecule has 1 saturated heterocycles. The molecule has 0 atom stereocenters. The van der Waals surface area contributed by atoms with Crippen molar-refractivity contribution in [2.24, 2.45) is 23.2 Å². The van der Waals surface area contributed by atoms with Gasteiger partial charge < -0.3 is 15.0 Å². The lowest BCUT2D eigenvalue weighted by Crippen LogP contribution is -2.49. The van der Waals surface area contributed by atoms with Gasteiger partial charge in [-0.1, -0.05) is 35.3 Å². The van der Waals surface area contributed by atoms with E-state index < -0.39 is 0 Å². The quantitative estimate of drug-likeness (QED) is 0.429. The maximum atomic E-state index is 13.3. The summed E-state index contributed by atoms with van der Waals surface area (Å²) in [5, 5.41) is 4.72. The first-order chi connectivity index (χ1) is 16.9. The van der Waals surface area contributed by atoms with Crippen molar-refractivity contribution in [1.82, 2.24) is 4.90 Å². The first-order valence-electron chi connectivity index (χ1n) is 13.2. The highest BCUT2D eigenvalue weighted by atomic mass is 35.5. The lowest BCUT2D eigenvalue weighted by Gasteiger charge is -2.57. The second kappa shape index (κ2) is 9.52. The maximum absolute atomic E-state index is 13.3. The molecule has 4 aliphatic carbocycles. The molecule has 0 radical (unpaired) electrons. The van der Waals surface area contributed by atoms with E-state index in [0.717, 1.165) is 61.5 Å². The fourth-order valence-electron chi connectivity index (χ4n) is 7.78. The third-order valence-electron chi connectivity index (χ3n) is 8.90. The number of para-hydroxylation sites is 2. The van der Waals surface area contributed by atoms with Crippen LogP contribution in [-0.4, -0.2) is 29.9 Å². The minimum Gasteiger partial charge on any atom is -0.454 e. The predicted molar refractivity (Wildman–Crippen MR) is 141 cm³/mol. The molecule has 4 saturated carbocycles. The van der Waals surface area contributed by atoms with Gasteiger partial charge in [-0.15, -0.1) is 0 Å². The molecule has 4 bridgehead atoms. The van der Waals surface area contributed by atoms with Gasteiger partial charge in [0.1, 0.15) is 5.75 Å². The number of nitrogens with zero attached hydrogens (tertiary/aromatic N) is 1. The molecule has 35 heavy (non-hydrogen) atoms. The van der Waals surface area contributed by atoms with E-state index >= 15 is 0 Å². The van der Waals surface area contributed by atoms with Gasteiger partial charge in [0.25, 0.3) is 0 Å². The van der Waals surface area contributed by atoms with Gasteiger partial charge in [0, 0.05) is 30.6 Å². The summed E-state index contributed by atoms with van der Waals surface area (Å²) in [6, 6.07) is 13.5. The summed E-state index contributed by atoms with van der Waals surface area (Å²) in [5.74, 6) is 4.40. The van der Waals surface area contributed by atoms with Gasteiger partial charge in [-0.25, -0.2) is 0 Å². The molecule has 0 unspecified atom stereocenters. The highest BCUT2D eigenvalue weighted by Gasteiger charge is 2.51. The Balaban J connectivity index is 1.05. The number of halogens is 2. The van der Waals surface area contributed by atoms with E-state index in [2.05, 4.69) is 10.2 Å². The first-order valence-corrected chi connectivity index (χ1v) is 14.0. The van der Waals surface area contributed by atoms with Crippen molar-refractivity contribution in [3.8, 4) is 11.5 Å². The third kappa shape index (κ3) is 5.02. The number of rotatable bonds is 6. The molecule has 1 N–H and O–H groups in total. The van der Waals surface area contributed by atoms with Crippen molar-refractivity contribution in [2.45, 2.75) is 63.8 Å². The minimum atomic E-state index is 0.309. The average Bonchev–Trinajstić information content (AvgIpc) is 2.81. The Bertz CT molecular complexity index is 1060. The molecule has 5 fully saturated rings. The number of hydrogen-bond donors (Lipinski definition) is 1. The molecule has 0 spiro atoms. The topological polar surface area (TPSA) is 41.6 Å². The maximum Gasteiger partial charge on any atom is 0.223 e. The number of likely N-dealkylation sites (tertiary alicyclic amines) is 1. The van der Waals surface area contributed by atoms with Crippen LogP contribution in [0, 0.1) is 23.2 Å². The summed E-state index contributed by atoms with van der Waals surface area (Å²) in [4.78, 5) is 15.5. The molecule has 5 aliphatic rings. The number of nitrogens with one attached hydrogen (secondary N) is 1. The normalized spacial score (nSPS) is 29.9. The van der Waals surface area contributed by atoms with Gasteiger partial charge in [0.2, 0.25) is 5.91 Å². The monoisotopic (exact) mass is 512 g/mol. The van der Waals surface area contributed by atoms with Crippen LogP contribution in [0.4, 0.5) is 5.69 Å². The van der Waals surface area contributed by atoms with Crippen LogP contribution in [0.2, 0.25) is 10.0 Å². The van der Waals surface area contributed by atoms with Crippen molar-refractivity contribution in [3.63, 3.8) is 0 Å². The standard InChI is InChI=1S/C29H34Cl2N2O2/c30-22-5-6-26(24(31)14-22)35-27-4-2-1-3-25(27)32-23-7-9-33(10-8-23)28(34)18-29-15-19-11-20(16-29)13-21(12-19)17-29/h1-6,14,19-21,23,32H,7-13,15-18H2. The number of piperidine rings is 1. The Hall–Kier alpha value is -1.91. The average molecular weight is 514 g/mol. The molecule has 2 aromatic carbocycles. The van der Waals surface area contributed by atoms with E-state index in [1.807, 2.05) is 24.3 Å². The van der Waals surface area contributed by atoms with Gasteiger partial charge >= 0.3 is 0 Å². The van der Waals surface area contributed by atoms with E-state index in [4.69, 9.17) is 27.9 Å². The van der Waals surface area contributed by atoms with Gasteiger partial charge in [0.05, 0.1) is 10.7 Å². The van der Waals surface area contributed by atoms with Crippen molar-refractivity contribution in [3.05, 3.63) is 52.5 Å². The second-order valence-corrected chi connectivity index (χ2v) is 12.4. The van der Waals surface area contributed by atoms with Gasteiger partial charge in [-0.3, -0.25) is 4.79 Å². The van der Waals surface area contributed by atoms with E-state index in [9.17, 15) is 4.79 Å². The summed E-state index contributed by atoms with van der Waals surface area (Å²) < 4.78 is 6.11. The number of anilines is 1. The summed E-state index contributed by atoms with van der Waals surface area (Å²) >= 11 is 12.3. The van der Waals surface area contributed by atoms with Crippen LogP contribution in [0.1, 0.15) is 57.8 Å². The molecular formula is C29H34Cl2N2O2. The lowest BCUT2D eigenvalue weighted by molar-refractivity contribution is -0.140. The van der Waals surface area contributed by atoms with E-state index in [1.54, 1.807) is 18.2 Å². The highest BCUT2D eigenvalue weighted by Crippen LogP contribution is 2.61. The highest BCUT2D eigenvalue weighted by molar-refractivity contribution is 6.35. The van der Waals surface area contributed by atoms with Crippen LogP contribution in [0.5, 0.6) is 11.5 Å². The number of carbonyl (C=O) groups excluding carboxylic acids is 1. The van der Waals surface area contributed by atoms with E-state index in [-0.39, 0.29) is 0 Å². The number of carbonyl (C=O) groups is 1. The van der Waals surface area contributed by atoms with E-state index in [0.29, 0.717) is 33.2 Å². The smallest absolute Gasteiger partial charge is 0.223 e. The van der Waals surface area contributed by atoms with Crippen LogP contribution in [0.15, 0.2) is 42.5 Å². The molecule has 6 heteroatoms. The molecule has 0 aromatic heterocycles. The summed E-state index contributed by atoms with van der Waals surface area (Å²) in [6.07, 6.45) is 10.9. The molecule has 1 heterocycles. The number of amides is 1. The third-order valence-corrected chi connectivity index (χ3v) is 9.43. The Morgan fingerprint density at radius 1 is 0.943 bits per heavy atom. The zero-order valence-electron chi connectivity index (χ0n) is 20.1. The number of benzene rings is 2. The van der Waals surface area contributed by atoms with Gasteiger partial charge in [-0.2, -0.15) is 0 Å². The zero-order chi connectivity index (χ0) is 24.0. The molecule has 186 valence electrons. The summed E-state index contributed by atoms with van der Waals surface area (Å²) in [5.41, 5.74) is 1.26. The molecule has 7 rings (SSSR count). The summed E-state index contributed by atoms with van der Waals surface area (Å²) in [7, 11) is 0. The molecule has 4 nitrogen and oxygen atoms in total. The SMILES string of the molecule is O=C(CC12CC3CC(CC(C3)C1)C2)N1CCC(Nc2ccccc2Oc2ccc(Cl)cc2Cl)CC1. The van der Waals surface area contributed by atoms with Crippen molar-refractivity contribution in [2.75, 3.05) is 18.4 Å². The van der Waals surface area contributed by atoms with Gasteiger partial charge in [-0.05, 0) is 105 Å². The summed E-state index contributed by atoms with van der Waals surface area (Å²) in [6.45, 7) is 1.66. The minimum absolute atomic E-state index is 0.309. The lowest BCUT2D eigenvalue weighted by atomic mass is 9.49. The molecular weight excluding hydrogens is 479 g/mol. The Labute approximate surface area is 218 Å². The predicted octanol–water partition coefficient (Wildman–Crippen LogP) is 7.80. The zero-order valence-corrected chi connectivity index (χ0v) is 21.7. The molecule has 1 aliphatic heterocycles. The van der Waals surface area contributed by atoms with Crippen molar-refractivity contribution in [1.29, 1.82) is 0 Å². The van der Waals surface area contributed by atoms with Crippen molar-refractivity contribution < 1.29 is 9.53 Å². The van der Waals surface area contributed by atoms with Crippen LogP contribution in [-0.2, 0) is 4.79 Å². The second-order valence-electron chi connectivity index (χ2n) is 11.6. The van der Waals surface area contributed by atoms with Crippen LogP contribution in [0.3, 0.4) is 0 Å². The molecule has 1 amide bonds. The van der Waals surface area contributed by atoms with Gasteiger partial charge in [0.15, 0.2) is 5.75 Å². The van der Waals surface area contributed by atoms with Crippen molar-refractivity contribution >= 4 is 34.8 Å². The van der Waals surface area contributed by atoms with Crippen LogP contribution < -0.4 is 10.1 Å². The van der Waals surface area contributed by atoms with Crippen LogP contribution in [0.25, 0.3) is 0 Å². The van der Waals surface area contributed by atoms with Crippen LogP contribution >= 0.6 is 23.2 Å². The first kappa shape index (κ1) is 23.5. The number of hydrogen-bond acceptors (Lipinski definition) is 3. The fraction of sp³-hybridized carbons (Fsp3) is 0.552. The molecule has 2 aromatic rings. The van der Waals surface area contributed by atoms with E-state index in [1.165, 1.54) is 38.5 Å².